The first kappa shape index (κ1) is 15.4. The van der Waals surface area contributed by atoms with E-state index in [1.165, 1.54) is 12.8 Å². The molecule has 1 aliphatic heterocycles. The van der Waals surface area contributed by atoms with E-state index in [9.17, 15) is 8.42 Å². The van der Waals surface area contributed by atoms with Crippen molar-refractivity contribution < 1.29 is 8.42 Å². The molecule has 1 atom stereocenters. The van der Waals surface area contributed by atoms with Crippen LogP contribution in [0.15, 0.2) is 29.2 Å². The first-order chi connectivity index (χ1) is 9.49. The molecule has 1 saturated heterocycles. The molecule has 1 heterocycles. The van der Waals surface area contributed by atoms with Crippen LogP contribution in [0.4, 0.5) is 0 Å². The molecule has 20 heavy (non-hydrogen) atoms. The van der Waals surface area contributed by atoms with Crippen LogP contribution in [-0.2, 0) is 10.0 Å². The van der Waals surface area contributed by atoms with Crippen LogP contribution in [0.3, 0.4) is 0 Å². The van der Waals surface area contributed by atoms with Gasteiger partial charge in [-0.05, 0) is 50.6 Å². The van der Waals surface area contributed by atoms with Crippen molar-refractivity contribution >= 4 is 10.0 Å². The van der Waals surface area contributed by atoms with E-state index in [1.54, 1.807) is 24.3 Å². The first-order valence-electron chi connectivity index (χ1n) is 7.06. The summed E-state index contributed by atoms with van der Waals surface area (Å²) in [4.78, 5) is 2.57. The van der Waals surface area contributed by atoms with Gasteiger partial charge in [0.15, 0.2) is 0 Å². The molecule has 1 fully saturated rings. The molecule has 2 rings (SSSR count). The number of nitrogens with two attached hydrogens (primary N) is 1. The fraction of sp³-hybridized carbons (Fsp3) is 0.571. The maximum absolute atomic E-state index is 12.1. The zero-order valence-electron chi connectivity index (χ0n) is 11.9. The molecule has 1 unspecified atom stereocenters. The molecule has 0 amide bonds. The van der Waals surface area contributed by atoms with Crippen LogP contribution in [0.2, 0.25) is 0 Å². The van der Waals surface area contributed by atoms with E-state index in [0.717, 1.165) is 25.2 Å². The lowest BCUT2D eigenvalue weighted by atomic mass is 10.1. The first-order valence-corrected chi connectivity index (χ1v) is 8.55. The summed E-state index contributed by atoms with van der Waals surface area (Å²) in [6.07, 6.45) is 2.43. The molecular weight excluding hydrogens is 274 g/mol. The van der Waals surface area contributed by atoms with Crippen LogP contribution in [0.1, 0.15) is 31.4 Å². The highest BCUT2D eigenvalue weighted by molar-refractivity contribution is 7.89. The zero-order valence-corrected chi connectivity index (χ0v) is 12.7. The monoisotopic (exact) mass is 297 g/mol. The molecule has 1 aromatic carbocycles. The largest absolute Gasteiger partial charge is 0.324 e. The van der Waals surface area contributed by atoms with Crippen molar-refractivity contribution in [3.63, 3.8) is 0 Å². The quantitative estimate of drug-likeness (QED) is 0.824. The molecular formula is C14H23N3O2S. The van der Waals surface area contributed by atoms with Gasteiger partial charge < -0.3 is 10.6 Å². The van der Waals surface area contributed by atoms with Gasteiger partial charge in [-0.2, -0.15) is 0 Å². The number of hydrogen-bond acceptors (Lipinski definition) is 4. The Morgan fingerprint density at radius 2 is 1.85 bits per heavy atom. The Kier molecular flexibility index (Phi) is 5.15. The van der Waals surface area contributed by atoms with Gasteiger partial charge in [-0.1, -0.05) is 12.1 Å². The fourth-order valence-corrected chi connectivity index (χ4v) is 3.40. The van der Waals surface area contributed by atoms with Crippen molar-refractivity contribution in [2.75, 3.05) is 26.2 Å². The Bertz CT molecular complexity index is 520. The van der Waals surface area contributed by atoms with Gasteiger partial charge in [0.2, 0.25) is 10.0 Å². The maximum Gasteiger partial charge on any atom is 0.240 e. The lowest BCUT2D eigenvalue weighted by molar-refractivity contribution is 0.344. The standard InChI is InChI=1S/C14H23N3O2S/c1-12(15)13-4-6-14(7-5-13)20(18,19)16-8-11-17-9-2-3-10-17/h4-7,12,16H,2-3,8-11,15H2,1H3. The molecule has 0 spiro atoms. The zero-order chi connectivity index (χ0) is 14.6. The van der Waals surface area contributed by atoms with Crippen molar-refractivity contribution in [2.24, 2.45) is 5.73 Å². The smallest absolute Gasteiger partial charge is 0.240 e. The van der Waals surface area contributed by atoms with Gasteiger partial charge >= 0.3 is 0 Å². The predicted octanol–water partition coefficient (Wildman–Crippen LogP) is 1.08. The SMILES string of the molecule is CC(N)c1ccc(S(=O)(=O)NCCN2CCCC2)cc1. The fourth-order valence-electron chi connectivity index (χ4n) is 2.38. The number of likely N-dealkylation sites (tertiary alicyclic amines) is 1. The molecule has 0 saturated carbocycles. The second-order valence-corrected chi connectivity index (χ2v) is 7.07. The molecule has 0 aliphatic carbocycles. The van der Waals surface area contributed by atoms with Gasteiger partial charge in [0, 0.05) is 19.1 Å². The molecule has 6 heteroatoms. The van der Waals surface area contributed by atoms with Gasteiger partial charge in [0.25, 0.3) is 0 Å². The third-order valence-electron chi connectivity index (χ3n) is 3.63. The van der Waals surface area contributed by atoms with E-state index in [4.69, 9.17) is 5.73 Å². The molecule has 1 aliphatic rings. The summed E-state index contributed by atoms with van der Waals surface area (Å²) in [6, 6.07) is 6.66. The Morgan fingerprint density at radius 3 is 2.40 bits per heavy atom. The van der Waals surface area contributed by atoms with Crippen LogP contribution in [0, 0.1) is 0 Å². The van der Waals surface area contributed by atoms with E-state index < -0.39 is 10.0 Å². The summed E-state index contributed by atoms with van der Waals surface area (Å²) < 4.78 is 26.9. The maximum atomic E-state index is 12.1. The number of hydrogen-bond donors (Lipinski definition) is 2. The van der Waals surface area contributed by atoms with E-state index in [2.05, 4.69) is 9.62 Å². The molecule has 3 N–H and O–H groups in total. The molecule has 0 aromatic heterocycles. The Labute approximate surface area is 121 Å². The van der Waals surface area contributed by atoms with E-state index >= 15 is 0 Å². The van der Waals surface area contributed by atoms with Crippen molar-refractivity contribution in [1.29, 1.82) is 0 Å². The highest BCUT2D eigenvalue weighted by atomic mass is 32.2. The number of nitrogens with zero attached hydrogens (tertiary/aromatic N) is 1. The lowest BCUT2D eigenvalue weighted by Gasteiger charge is -2.15. The summed E-state index contributed by atoms with van der Waals surface area (Å²) in [5.41, 5.74) is 6.68. The highest BCUT2D eigenvalue weighted by Gasteiger charge is 2.16. The number of nitrogens with one attached hydrogen (secondary N) is 1. The van der Waals surface area contributed by atoms with Crippen LogP contribution in [-0.4, -0.2) is 39.5 Å². The van der Waals surface area contributed by atoms with Gasteiger partial charge in [0.05, 0.1) is 4.90 Å². The lowest BCUT2D eigenvalue weighted by Crippen LogP contribution is -2.33. The summed E-state index contributed by atoms with van der Waals surface area (Å²) >= 11 is 0. The average Bonchev–Trinajstić information content (AvgIpc) is 2.92. The highest BCUT2D eigenvalue weighted by Crippen LogP contribution is 2.14. The molecule has 1 aromatic rings. The average molecular weight is 297 g/mol. The normalized spacial score (nSPS) is 18.3. The third kappa shape index (κ3) is 4.02. The van der Waals surface area contributed by atoms with Crippen LogP contribution in [0.25, 0.3) is 0 Å². The van der Waals surface area contributed by atoms with E-state index in [1.807, 2.05) is 6.92 Å². The summed E-state index contributed by atoms with van der Waals surface area (Å²) in [5, 5.41) is 0. The predicted molar refractivity (Wildman–Crippen MR) is 79.9 cm³/mol. The minimum absolute atomic E-state index is 0.0881. The molecule has 5 nitrogen and oxygen atoms in total. The Balaban J connectivity index is 1.91. The summed E-state index contributed by atoms with van der Waals surface area (Å²) in [6.45, 7) is 5.25. The molecule has 112 valence electrons. The molecule has 0 radical (unpaired) electrons. The van der Waals surface area contributed by atoms with Crippen molar-refractivity contribution in [3.05, 3.63) is 29.8 Å². The van der Waals surface area contributed by atoms with Crippen molar-refractivity contribution in [2.45, 2.75) is 30.7 Å². The second kappa shape index (κ2) is 6.67. The minimum Gasteiger partial charge on any atom is -0.324 e. The van der Waals surface area contributed by atoms with Gasteiger partial charge in [0.1, 0.15) is 0 Å². The van der Waals surface area contributed by atoms with Gasteiger partial charge in [-0.15, -0.1) is 0 Å². The number of rotatable bonds is 6. The summed E-state index contributed by atoms with van der Waals surface area (Å²) in [5.74, 6) is 0. The molecule has 0 bridgehead atoms. The van der Waals surface area contributed by atoms with E-state index in [-0.39, 0.29) is 6.04 Å². The third-order valence-corrected chi connectivity index (χ3v) is 5.11. The minimum atomic E-state index is -3.41. The van der Waals surface area contributed by atoms with E-state index in [0.29, 0.717) is 11.4 Å². The van der Waals surface area contributed by atoms with Crippen LogP contribution < -0.4 is 10.5 Å². The van der Waals surface area contributed by atoms with Crippen LogP contribution in [0.5, 0.6) is 0 Å². The van der Waals surface area contributed by atoms with Crippen LogP contribution >= 0.6 is 0 Å². The Hall–Kier alpha value is -0.950. The van der Waals surface area contributed by atoms with Gasteiger partial charge in [-0.3, -0.25) is 0 Å². The second-order valence-electron chi connectivity index (χ2n) is 5.30. The van der Waals surface area contributed by atoms with Gasteiger partial charge in [-0.25, -0.2) is 13.1 Å². The number of benzene rings is 1. The Morgan fingerprint density at radius 1 is 1.25 bits per heavy atom. The number of sulfonamides is 1. The summed E-state index contributed by atoms with van der Waals surface area (Å²) in [7, 11) is -3.41. The topological polar surface area (TPSA) is 75.4 Å². The van der Waals surface area contributed by atoms with Crippen molar-refractivity contribution in [1.82, 2.24) is 9.62 Å². The van der Waals surface area contributed by atoms with Crippen molar-refractivity contribution in [3.8, 4) is 0 Å².